The van der Waals surface area contributed by atoms with Crippen LogP contribution in [0.1, 0.15) is 12.5 Å². The summed E-state index contributed by atoms with van der Waals surface area (Å²) in [6.07, 6.45) is 1.73. The van der Waals surface area contributed by atoms with Crippen molar-refractivity contribution in [2.75, 3.05) is 18.4 Å². The molecule has 1 heterocycles. The van der Waals surface area contributed by atoms with Gasteiger partial charge < -0.3 is 5.32 Å². The minimum absolute atomic E-state index is 0.184. The summed E-state index contributed by atoms with van der Waals surface area (Å²) in [6, 6.07) is 12.1. The molecule has 6 nitrogen and oxygen atoms in total. The number of carbonyl (C=O) groups is 1. The monoisotopic (exact) mass is 389 g/mol. The first-order valence-electron chi connectivity index (χ1n) is 8.11. The quantitative estimate of drug-likeness (QED) is 0.702. The molecule has 8 heteroatoms. The van der Waals surface area contributed by atoms with Crippen LogP contribution in [0.5, 0.6) is 0 Å². The fourth-order valence-electron chi connectivity index (χ4n) is 2.54. The van der Waals surface area contributed by atoms with E-state index in [0.717, 1.165) is 20.0 Å². The molecule has 1 amide bonds. The van der Waals surface area contributed by atoms with Gasteiger partial charge in [0.05, 0.1) is 16.1 Å². The molecule has 0 unspecified atom stereocenters. The first-order chi connectivity index (χ1) is 12.4. The van der Waals surface area contributed by atoms with Crippen LogP contribution >= 0.6 is 11.5 Å². The summed E-state index contributed by atoms with van der Waals surface area (Å²) in [6.45, 7) is 3.56. The lowest BCUT2D eigenvalue weighted by atomic mass is 10.2. The summed E-state index contributed by atoms with van der Waals surface area (Å²) in [5, 5.41) is 3.69. The molecule has 3 aromatic rings. The number of fused-ring (bicyclic) bond motifs is 1. The maximum absolute atomic E-state index is 12.7. The van der Waals surface area contributed by atoms with E-state index in [-0.39, 0.29) is 23.9 Å². The summed E-state index contributed by atoms with van der Waals surface area (Å²) < 4.78 is 31.8. The maximum Gasteiger partial charge on any atom is 0.243 e. The zero-order valence-electron chi connectivity index (χ0n) is 14.5. The number of benzene rings is 2. The van der Waals surface area contributed by atoms with Crippen molar-refractivity contribution in [3.63, 3.8) is 0 Å². The highest BCUT2D eigenvalue weighted by atomic mass is 32.2. The van der Waals surface area contributed by atoms with Gasteiger partial charge in [-0.2, -0.15) is 8.68 Å². The molecule has 1 aromatic heterocycles. The second-order valence-electron chi connectivity index (χ2n) is 5.87. The molecule has 0 aliphatic carbocycles. The Morgan fingerprint density at radius 2 is 1.92 bits per heavy atom. The molecule has 3 rings (SSSR count). The Morgan fingerprint density at radius 3 is 2.62 bits per heavy atom. The molecule has 0 radical (unpaired) electrons. The van der Waals surface area contributed by atoms with Crippen LogP contribution in [0, 0.1) is 6.92 Å². The Morgan fingerprint density at radius 1 is 1.19 bits per heavy atom. The average molecular weight is 390 g/mol. The normalized spacial score (nSPS) is 11.8. The third-order valence-corrected chi connectivity index (χ3v) is 6.68. The van der Waals surface area contributed by atoms with Crippen molar-refractivity contribution in [2.45, 2.75) is 18.7 Å². The van der Waals surface area contributed by atoms with E-state index in [1.165, 1.54) is 11.5 Å². The molecular formula is C18H19N3O3S2. The lowest BCUT2D eigenvalue weighted by Crippen LogP contribution is -2.37. The molecule has 0 aliphatic heterocycles. The van der Waals surface area contributed by atoms with Crippen molar-refractivity contribution in [1.82, 2.24) is 8.68 Å². The Kier molecular flexibility index (Phi) is 5.36. The minimum Gasteiger partial charge on any atom is -0.325 e. The highest BCUT2D eigenvalue weighted by molar-refractivity contribution is 7.89. The van der Waals surface area contributed by atoms with Gasteiger partial charge in [-0.05, 0) is 48.8 Å². The zero-order chi connectivity index (χ0) is 18.7. The minimum atomic E-state index is -3.72. The number of sulfonamides is 1. The Hall–Kier alpha value is -2.29. The summed E-state index contributed by atoms with van der Waals surface area (Å²) in [7, 11) is -3.72. The third kappa shape index (κ3) is 3.92. The Labute approximate surface area is 156 Å². The van der Waals surface area contributed by atoms with Crippen molar-refractivity contribution < 1.29 is 13.2 Å². The molecule has 0 saturated heterocycles. The highest BCUT2D eigenvalue weighted by Gasteiger charge is 2.25. The predicted molar refractivity (Wildman–Crippen MR) is 104 cm³/mol. The number of hydrogen-bond donors (Lipinski definition) is 1. The zero-order valence-corrected chi connectivity index (χ0v) is 16.1. The van der Waals surface area contributed by atoms with E-state index >= 15 is 0 Å². The SMILES string of the molecule is CCN(CC(=O)Nc1ccc2sncc2c1)S(=O)(=O)c1ccc(C)cc1. The molecule has 0 saturated carbocycles. The number of likely N-dealkylation sites (N-methyl/N-ethyl adjacent to an activating group) is 1. The van der Waals surface area contributed by atoms with Gasteiger partial charge in [-0.3, -0.25) is 4.79 Å². The number of nitrogens with one attached hydrogen (secondary N) is 1. The maximum atomic E-state index is 12.7. The fourth-order valence-corrected chi connectivity index (χ4v) is 4.57. The number of rotatable bonds is 6. The Balaban J connectivity index is 1.74. The van der Waals surface area contributed by atoms with Crippen molar-refractivity contribution in [3.05, 3.63) is 54.2 Å². The highest BCUT2D eigenvalue weighted by Crippen LogP contribution is 2.22. The topological polar surface area (TPSA) is 79.4 Å². The van der Waals surface area contributed by atoms with Crippen LogP contribution in [0.25, 0.3) is 10.1 Å². The van der Waals surface area contributed by atoms with Gasteiger partial charge in [-0.25, -0.2) is 8.42 Å². The number of anilines is 1. The molecule has 1 N–H and O–H groups in total. The van der Waals surface area contributed by atoms with E-state index in [1.807, 2.05) is 19.1 Å². The molecular weight excluding hydrogens is 370 g/mol. The summed E-state index contributed by atoms with van der Waals surface area (Å²) >= 11 is 1.38. The van der Waals surface area contributed by atoms with Crippen LogP contribution in [0.2, 0.25) is 0 Å². The number of aromatic nitrogens is 1. The number of carbonyl (C=O) groups excluding carboxylic acids is 1. The van der Waals surface area contributed by atoms with Crippen LogP contribution in [-0.2, 0) is 14.8 Å². The van der Waals surface area contributed by atoms with Crippen molar-refractivity contribution in [1.29, 1.82) is 0 Å². The number of aryl methyl sites for hydroxylation is 1. The van der Waals surface area contributed by atoms with Gasteiger partial charge in [0, 0.05) is 23.8 Å². The molecule has 0 bridgehead atoms. The molecule has 0 spiro atoms. The van der Waals surface area contributed by atoms with Gasteiger partial charge in [-0.1, -0.05) is 24.6 Å². The van der Waals surface area contributed by atoms with Crippen LogP contribution in [0.3, 0.4) is 0 Å². The van der Waals surface area contributed by atoms with E-state index in [0.29, 0.717) is 5.69 Å². The second kappa shape index (κ2) is 7.53. The van der Waals surface area contributed by atoms with Gasteiger partial charge in [0.1, 0.15) is 0 Å². The smallest absolute Gasteiger partial charge is 0.243 e. The van der Waals surface area contributed by atoms with Crippen LogP contribution in [-0.4, -0.2) is 36.1 Å². The van der Waals surface area contributed by atoms with Crippen molar-refractivity contribution in [3.8, 4) is 0 Å². The lowest BCUT2D eigenvalue weighted by molar-refractivity contribution is -0.116. The number of nitrogens with zero attached hydrogens (tertiary/aromatic N) is 2. The van der Waals surface area contributed by atoms with Crippen LogP contribution in [0.4, 0.5) is 5.69 Å². The van der Waals surface area contributed by atoms with Crippen molar-refractivity contribution >= 4 is 43.2 Å². The van der Waals surface area contributed by atoms with Gasteiger partial charge in [0.15, 0.2) is 0 Å². The number of hydrogen-bond acceptors (Lipinski definition) is 5. The molecule has 0 atom stereocenters. The van der Waals surface area contributed by atoms with E-state index in [2.05, 4.69) is 9.69 Å². The van der Waals surface area contributed by atoms with Crippen molar-refractivity contribution in [2.24, 2.45) is 0 Å². The van der Waals surface area contributed by atoms with Gasteiger partial charge in [-0.15, -0.1) is 0 Å². The summed E-state index contributed by atoms with van der Waals surface area (Å²) in [5.41, 5.74) is 1.59. The van der Waals surface area contributed by atoms with Gasteiger partial charge in [0.25, 0.3) is 0 Å². The van der Waals surface area contributed by atoms with E-state index in [4.69, 9.17) is 0 Å². The van der Waals surface area contributed by atoms with E-state index in [1.54, 1.807) is 43.5 Å². The van der Waals surface area contributed by atoms with E-state index < -0.39 is 10.0 Å². The largest absolute Gasteiger partial charge is 0.325 e. The second-order valence-corrected chi connectivity index (χ2v) is 8.64. The average Bonchev–Trinajstić information content (AvgIpc) is 3.07. The third-order valence-electron chi connectivity index (χ3n) is 3.97. The van der Waals surface area contributed by atoms with E-state index in [9.17, 15) is 13.2 Å². The number of amides is 1. The molecule has 0 aliphatic rings. The first-order valence-corrected chi connectivity index (χ1v) is 10.3. The van der Waals surface area contributed by atoms with Gasteiger partial charge in [0.2, 0.25) is 15.9 Å². The molecule has 0 fully saturated rings. The molecule has 136 valence electrons. The Bertz CT molecular complexity index is 1030. The molecule has 26 heavy (non-hydrogen) atoms. The predicted octanol–water partition coefficient (Wildman–Crippen LogP) is 3.25. The van der Waals surface area contributed by atoms with Crippen LogP contribution in [0.15, 0.2) is 53.6 Å². The standard InChI is InChI=1S/C18H19N3O3S2/c1-3-21(26(23,24)16-7-4-13(2)5-8-16)12-18(22)20-15-6-9-17-14(10-15)11-19-25-17/h4-11H,3,12H2,1-2H3,(H,20,22). The molecule has 2 aromatic carbocycles. The lowest BCUT2D eigenvalue weighted by Gasteiger charge is -2.20. The van der Waals surface area contributed by atoms with Gasteiger partial charge >= 0.3 is 0 Å². The first kappa shape index (κ1) is 18.5. The van der Waals surface area contributed by atoms with Crippen LogP contribution < -0.4 is 5.32 Å². The summed E-state index contributed by atoms with van der Waals surface area (Å²) in [4.78, 5) is 12.5. The summed E-state index contributed by atoms with van der Waals surface area (Å²) in [5.74, 6) is -0.384. The fraction of sp³-hybridized carbons (Fsp3) is 0.222.